The van der Waals surface area contributed by atoms with Crippen LogP contribution in [0, 0.1) is 0 Å². The molecule has 0 saturated heterocycles. The minimum absolute atomic E-state index is 0.0340. The quantitative estimate of drug-likeness (QED) is 0.608. The molecule has 19 heavy (non-hydrogen) atoms. The van der Waals surface area contributed by atoms with Gasteiger partial charge in [-0.25, -0.2) is 13.1 Å². The van der Waals surface area contributed by atoms with Gasteiger partial charge in [-0.05, 0) is 25.5 Å². The summed E-state index contributed by atoms with van der Waals surface area (Å²) in [5.41, 5.74) is 0. The summed E-state index contributed by atoms with van der Waals surface area (Å²) in [5, 5.41) is 0.384. The van der Waals surface area contributed by atoms with Gasteiger partial charge in [0.25, 0.3) is 0 Å². The molecular formula is C11H14Cl3NO3S. The molecule has 0 amide bonds. The third kappa shape index (κ3) is 5.10. The molecule has 0 aliphatic carbocycles. The van der Waals surface area contributed by atoms with Gasteiger partial charge in [-0.2, -0.15) is 0 Å². The normalized spacial score (nSPS) is 11.8. The van der Waals surface area contributed by atoms with Gasteiger partial charge in [0.1, 0.15) is 4.90 Å². The van der Waals surface area contributed by atoms with Crippen molar-refractivity contribution in [1.29, 1.82) is 0 Å². The molecule has 1 rings (SSSR count). The lowest BCUT2D eigenvalue weighted by atomic mass is 10.4. The van der Waals surface area contributed by atoms with Gasteiger partial charge >= 0.3 is 0 Å². The average molecular weight is 347 g/mol. The Hall–Kier alpha value is -0.0400. The summed E-state index contributed by atoms with van der Waals surface area (Å²) in [6.45, 7) is 3.23. The third-order valence-corrected chi connectivity index (χ3v) is 4.87. The fourth-order valence-corrected chi connectivity index (χ4v) is 3.39. The van der Waals surface area contributed by atoms with E-state index >= 15 is 0 Å². The molecule has 0 heterocycles. The maximum absolute atomic E-state index is 12.0. The molecule has 0 bridgehead atoms. The number of nitrogens with one attached hydrogen (secondary N) is 1. The highest BCUT2D eigenvalue weighted by Crippen LogP contribution is 2.31. The van der Waals surface area contributed by atoms with Gasteiger partial charge in [-0.3, -0.25) is 0 Å². The molecule has 0 radical (unpaired) electrons. The third-order valence-electron chi connectivity index (χ3n) is 2.23. The minimum atomic E-state index is -3.70. The van der Waals surface area contributed by atoms with Gasteiger partial charge in [0, 0.05) is 19.8 Å². The topological polar surface area (TPSA) is 55.4 Å². The van der Waals surface area contributed by atoms with Gasteiger partial charge in [-0.1, -0.05) is 34.8 Å². The predicted molar refractivity (Wildman–Crippen MR) is 77.8 cm³/mol. The first-order valence-electron chi connectivity index (χ1n) is 5.60. The maximum atomic E-state index is 12.0. The van der Waals surface area contributed by atoms with E-state index in [1.165, 1.54) is 12.1 Å². The van der Waals surface area contributed by atoms with Gasteiger partial charge in [0.05, 0.1) is 15.1 Å². The highest BCUT2D eigenvalue weighted by molar-refractivity contribution is 7.89. The van der Waals surface area contributed by atoms with E-state index in [4.69, 9.17) is 39.5 Å². The summed E-state index contributed by atoms with van der Waals surface area (Å²) in [6.07, 6.45) is 0.575. The molecule has 0 aliphatic rings. The molecule has 0 fully saturated rings. The van der Waals surface area contributed by atoms with Crippen molar-refractivity contribution >= 4 is 44.8 Å². The first kappa shape index (κ1) is 17.0. The van der Waals surface area contributed by atoms with Crippen molar-refractivity contribution < 1.29 is 13.2 Å². The van der Waals surface area contributed by atoms with Gasteiger partial charge in [0.15, 0.2) is 0 Å². The second kappa shape index (κ2) is 7.67. The standard InChI is InChI=1S/C11H14Cl3NO3S/c1-2-18-5-3-4-15-19(16,17)11-7-9(13)8(12)6-10(11)14/h6-7,15H,2-5H2,1H3. The van der Waals surface area contributed by atoms with Crippen LogP contribution in [0.3, 0.4) is 0 Å². The summed E-state index contributed by atoms with van der Waals surface area (Å²) in [7, 11) is -3.70. The molecule has 8 heteroatoms. The second-order valence-corrected chi connectivity index (χ2v) is 6.60. The Morgan fingerprint density at radius 2 is 1.79 bits per heavy atom. The molecular weight excluding hydrogens is 333 g/mol. The Morgan fingerprint density at radius 3 is 2.42 bits per heavy atom. The number of benzene rings is 1. The van der Waals surface area contributed by atoms with Crippen LogP contribution in [0.4, 0.5) is 0 Å². The molecule has 0 aliphatic heterocycles. The van der Waals surface area contributed by atoms with Crippen molar-refractivity contribution in [3.8, 4) is 0 Å². The number of hydrogen-bond acceptors (Lipinski definition) is 3. The van der Waals surface area contributed by atoms with Crippen molar-refractivity contribution in [2.24, 2.45) is 0 Å². The van der Waals surface area contributed by atoms with E-state index in [1.54, 1.807) is 0 Å². The summed E-state index contributed by atoms with van der Waals surface area (Å²) in [6, 6.07) is 2.54. The van der Waals surface area contributed by atoms with Crippen LogP contribution in [0.1, 0.15) is 13.3 Å². The second-order valence-electron chi connectivity index (χ2n) is 3.64. The van der Waals surface area contributed by atoms with E-state index in [-0.39, 0.29) is 26.5 Å². The summed E-state index contributed by atoms with van der Waals surface area (Å²) >= 11 is 17.4. The van der Waals surface area contributed by atoms with Gasteiger partial charge < -0.3 is 4.74 Å². The molecule has 0 saturated carbocycles. The average Bonchev–Trinajstić information content (AvgIpc) is 2.33. The van der Waals surface area contributed by atoms with Gasteiger partial charge in [0.2, 0.25) is 10.0 Å². The number of rotatable bonds is 7. The smallest absolute Gasteiger partial charge is 0.242 e. The van der Waals surface area contributed by atoms with E-state index in [9.17, 15) is 8.42 Å². The number of sulfonamides is 1. The molecule has 0 unspecified atom stereocenters. The molecule has 1 N–H and O–H groups in total. The Bertz CT molecular complexity index is 534. The molecule has 1 aromatic carbocycles. The summed E-state index contributed by atoms with van der Waals surface area (Å²) in [4.78, 5) is -0.0834. The van der Waals surface area contributed by atoms with Crippen LogP contribution in [-0.2, 0) is 14.8 Å². The van der Waals surface area contributed by atoms with Crippen LogP contribution < -0.4 is 4.72 Å². The molecule has 0 spiro atoms. The summed E-state index contributed by atoms with van der Waals surface area (Å²) < 4.78 is 31.6. The van der Waals surface area contributed by atoms with Gasteiger partial charge in [-0.15, -0.1) is 0 Å². The zero-order valence-corrected chi connectivity index (χ0v) is 13.3. The van der Waals surface area contributed by atoms with Crippen molar-refractivity contribution in [1.82, 2.24) is 4.72 Å². The zero-order valence-electron chi connectivity index (χ0n) is 10.3. The number of halogens is 3. The van der Waals surface area contributed by atoms with Crippen molar-refractivity contribution in [2.75, 3.05) is 19.8 Å². The Morgan fingerprint density at radius 1 is 1.16 bits per heavy atom. The predicted octanol–water partition coefficient (Wildman–Crippen LogP) is 3.35. The maximum Gasteiger partial charge on any atom is 0.242 e. The summed E-state index contributed by atoms with van der Waals surface area (Å²) in [5.74, 6) is 0. The van der Waals surface area contributed by atoms with Crippen LogP contribution in [0.25, 0.3) is 0 Å². The SMILES string of the molecule is CCOCCCNS(=O)(=O)c1cc(Cl)c(Cl)cc1Cl. The monoisotopic (exact) mass is 345 g/mol. The lowest BCUT2D eigenvalue weighted by molar-refractivity contribution is 0.146. The Balaban J connectivity index is 2.75. The lowest BCUT2D eigenvalue weighted by Crippen LogP contribution is -2.26. The fraction of sp³-hybridized carbons (Fsp3) is 0.455. The fourth-order valence-electron chi connectivity index (χ4n) is 1.31. The minimum Gasteiger partial charge on any atom is -0.382 e. The Kier molecular flexibility index (Phi) is 6.86. The molecule has 108 valence electrons. The number of ether oxygens (including phenoxy) is 1. The van der Waals surface area contributed by atoms with Crippen LogP contribution in [0.5, 0.6) is 0 Å². The van der Waals surface area contributed by atoms with Crippen molar-refractivity contribution in [3.63, 3.8) is 0 Å². The van der Waals surface area contributed by atoms with Crippen molar-refractivity contribution in [3.05, 3.63) is 27.2 Å². The highest BCUT2D eigenvalue weighted by atomic mass is 35.5. The number of hydrogen-bond donors (Lipinski definition) is 1. The first-order chi connectivity index (χ1) is 8.88. The van der Waals surface area contributed by atoms with Crippen LogP contribution >= 0.6 is 34.8 Å². The molecule has 0 atom stereocenters. The van der Waals surface area contributed by atoms with E-state index in [1.807, 2.05) is 6.92 Å². The van der Waals surface area contributed by atoms with E-state index in [0.717, 1.165) is 0 Å². The van der Waals surface area contributed by atoms with E-state index in [2.05, 4.69) is 4.72 Å². The molecule has 4 nitrogen and oxygen atoms in total. The van der Waals surface area contributed by atoms with Crippen LogP contribution in [0.2, 0.25) is 15.1 Å². The Labute approximate surface area is 128 Å². The first-order valence-corrected chi connectivity index (χ1v) is 8.22. The largest absolute Gasteiger partial charge is 0.382 e. The highest BCUT2D eigenvalue weighted by Gasteiger charge is 2.19. The van der Waals surface area contributed by atoms with E-state index in [0.29, 0.717) is 19.6 Å². The lowest BCUT2D eigenvalue weighted by Gasteiger charge is -2.09. The molecule has 0 aromatic heterocycles. The van der Waals surface area contributed by atoms with Crippen LogP contribution in [0.15, 0.2) is 17.0 Å². The van der Waals surface area contributed by atoms with E-state index < -0.39 is 10.0 Å². The molecule has 1 aromatic rings. The van der Waals surface area contributed by atoms with Crippen molar-refractivity contribution in [2.45, 2.75) is 18.2 Å². The van der Waals surface area contributed by atoms with Crippen LogP contribution in [-0.4, -0.2) is 28.2 Å². The zero-order chi connectivity index (χ0) is 14.5.